The molecule has 3 aromatic carbocycles. The summed E-state index contributed by atoms with van der Waals surface area (Å²) < 4.78 is 27.7. The van der Waals surface area contributed by atoms with E-state index in [1.54, 1.807) is 10.4 Å². The van der Waals surface area contributed by atoms with Crippen molar-refractivity contribution in [1.29, 1.82) is 0 Å². The molecule has 5 heteroatoms. The Kier molecular flexibility index (Phi) is 5.09. The summed E-state index contributed by atoms with van der Waals surface area (Å²) in [6.07, 6.45) is 5.26. The van der Waals surface area contributed by atoms with Crippen molar-refractivity contribution in [3.63, 3.8) is 0 Å². The molecular formula is C25H26N2O2S. The summed E-state index contributed by atoms with van der Waals surface area (Å²) >= 11 is 0. The highest BCUT2D eigenvalue weighted by Gasteiger charge is 2.34. The van der Waals surface area contributed by atoms with Crippen LogP contribution in [0.25, 0.3) is 16.3 Å². The van der Waals surface area contributed by atoms with Gasteiger partial charge in [-0.2, -0.15) is 0 Å². The van der Waals surface area contributed by atoms with Crippen molar-refractivity contribution in [3.05, 3.63) is 78.4 Å². The second-order valence-electron chi connectivity index (χ2n) is 8.06. The van der Waals surface area contributed by atoms with Crippen LogP contribution in [0.3, 0.4) is 0 Å². The van der Waals surface area contributed by atoms with Gasteiger partial charge in [0.1, 0.15) is 0 Å². The lowest BCUT2D eigenvalue weighted by Crippen LogP contribution is -2.31. The normalized spacial score (nSPS) is 18.0. The highest BCUT2D eigenvalue weighted by molar-refractivity contribution is 7.93. The Hall–Kier alpha value is -2.63. The molecule has 0 amide bonds. The van der Waals surface area contributed by atoms with E-state index in [0.717, 1.165) is 55.4 Å². The van der Waals surface area contributed by atoms with Crippen LogP contribution < -0.4 is 4.31 Å². The van der Waals surface area contributed by atoms with Gasteiger partial charge in [-0.3, -0.25) is 9.21 Å². The van der Waals surface area contributed by atoms with E-state index >= 15 is 0 Å². The Balaban J connectivity index is 1.19. The third kappa shape index (κ3) is 3.42. The molecule has 0 aromatic heterocycles. The quantitative estimate of drug-likeness (QED) is 0.534. The molecule has 5 rings (SSSR count). The van der Waals surface area contributed by atoms with Gasteiger partial charge in [0.25, 0.3) is 10.0 Å². The van der Waals surface area contributed by atoms with E-state index in [2.05, 4.69) is 41.3 Å². The average molecular weight is 419 g/mol. The van der Waals surface area contributed by atoms with Crippen LogP contribution in [-0.4, -0.2) is 39.5 Å². The molecule has 0 bridgehead atoms. The molecule has 3 aromatic rings. The lowest BCUT2D eigenvalue weighted by molar-refractivity contribution is 0.296. The van der Waals surface area contributed by atoms with E-state index < -0.39 is 10.0 Å². The van der Waals surface area contributed by atoms with E-state index in [4.69, 9.17) is 0 Å². The summed E-state index contributed by atoms with van der Waals surface area (Å²) in [5.74, 6) is 0. The first kappa shape index (κ1) is 19.3. The summed E-state index contributed by atoms with van der Waals surface area (Å²) in [5, 5.41) is 1.86. The lowest BCUT2D eigenvalue weighted by Gasteiger charge is -2.27. The summed E-state index contributed by atoms with van der Waals surface area (Å²) in [5.41, 5.74) is 3.59. The molecule has 154 valence electrons. The monoisotopic (exact) mass is 418 g/mol. The summed E-state index contributed by atoms with van der Waals surface area (Å²) in [7, 11) is -3.43. The zero-order valence-electron chi connectivity index (χ0n) is 17.0. The second-order valence-corrected chi connectivity index (χ2v) is 9.89. The van der Waals surface area contributed by atoms with Gasteiger partial charge in [-0.05, 0) is 54.5 Å². The van der Waals surface area contributed by atoms with Gasteiger partial charge < -0.3 is 0 Å². The largest absolute Gasteiger partial charge is 0.299 e. The van der Waals surface area contributed by atoms with E-state index in [9.17, 15) is 8.42 Å². The van der Waals surface area contributed by atoms with E-state index in [1.165, 1.54) is 11.1 Å². The molecule has 0 radical (unpaired) electrons. The van der Waals surface area contributed by atoms with Crippen LogP contribution in [0.5, 0.6) is 0 Å². The van der Waals surface area contributed by atoms with Gasteiger partial charge in [-0.1, -0.05) is 60.7 Å². The van der Waals surface area contributed by atoms with Crippen LogP contribution in [0.15, 0.2) is 77.7 Å². The number of hydrogen-bond acceptors (Lipinski definition) is 3. The molecule has 2 aliphatic heterocycles. The lowest BCUT2D eigenvalue weighted by atomic mass is 9.99. The molecule has 0 fully saturated rings. The zero-order chi connectivity index (χ0) is 20.6. The third-order valence-corrected chi connectivity index (χ3v) is 8.06. The Bertz CT molecular complexity index is 1200. The van der Waals surface area contributed by atoms with Gasteiger partial charge in [-0.15, -0.1) is 0 Å². The Morgan fingerprint density at radius 3 is 2.37 bits per heavy atom. The molecule has 0 spiro atoms. The maximum absolute atomic E-state index is 13.0. The minimum absolute atomic E-state index is 0.449. The number of benzene rings is 3. The topological polar surface area (TPSA) is 40.6 Å². The zero-order valence-corrected chi connectivity index (χ0v) is 17.8. The maximum Gasteiger partial charge on any atom is 0.265 e. The fourth-order valence-corrected chi connectivity index (χ4v) is 6.37. The first-order chi connectivity index (χ1) is 14.6. The summed E-state index contributed by atoms with van der Waals surface area (Å²) in [6, 6.07) is 22.0. The Morgan fingerprint density at radius 1 is 0.833 bits per heavy atom. The number of hydrogen-bond donors (Lipinski definition) is 0. The molecular weight excluding hydrogens is 392 g/mol. The van der Waals surface area contributed by atoms with Gasteiger partial charge in [0.15, 0.2) is 0 Å². The van der Waals surface area contributed by atoms with Gasteiger partial charge >= 0.3 is 0 Å². The molecule has 0 N–H and O–H groups in total. The minimum atomic E-state index is -3.43. The van der Waals surface area contributed by atoms with Crippen molar-refractivity contribution in [2.45, 2.75) is 24.2 Å². The van der Waals surface area contributed by atoms with Gasteiger partial charge in [0.05, 0.1) is 10.6 Å². The van der Waals surface area contributed by atoms with Crippen LogP contribution >= 0.6 is 0 Å². The highest BCUT2D eigenvalue weighted by atomic mass is 32.2. The number of nitrogens with zero attached hydrogens (tertiary/aromatic N) is 2. The van der Waals surface area contributed by atoms with Crippen molar-refractivity contribution < 1.29 is 8.42 Å². The number of unbranched alkanes of at least 4 members (excludes halogenated alkanes) is 1. The standard InChI is InChI=1S/C25H26N2O2S/c28-30(29)24-13-7-11-22-10-6-12-23(25(22)24)27(30)17-5-4-16-26-18-14-21(15-19-26)20-8-2-1-3-9-20/h1-3,6-14H,4-5,15-19H2. The fourth-order valence-electron chi connectivity index (χ4n) is 4.62. The van der Waals surface area contributed by atoms with E-state index in [-0.39, 0.29) is 0 Å². The first-order valence-corrected chi connectivity index (χ1v) is 12.1. The molecule has 0 atom stereocenters. The fraction of sp³-hybridized carbons (Fsp3) is 0.280. The smallest absolute Gasteiger partial charge is 0.265 e. The highest BCUT2D eigenvalue weighted by Crippen LogP contribution is 2.42. The first-order valence-electron chi connectivity index (χ1n) is 10.7. The summed E-state index contributed by atoms with van der Waals surface area (Å²) in [6.45, 7) is 3.57. The second kappa shape index (κ2) is 7.89. The number of sulfonamides is 1. The van der Waals surface area contributed by atoms with Crippen molar-refractivity contribution in [2.75, 3.05) is 30.5 Å². The molecule has 2 aliphatic rings. The minimum Gasteiger partial charge on any atom is -0.299 e. The average Bonchev–Trinajstić information content (AvgIpc) is 3.01. The molecule has 0 saturated carbocycles. The number of rotatable bonds is 6. The van der Waals surface area contributed by atoms with E-state index in [1.807, 2.05) is 30.3 Å². The van der Waals surface area contributed by atoms with Crippen molar-refractivity contribution in [3.8, 4) is 0 Å². The Morgan fingerprint density at radius 2 is 1.60 bits per heavy atom. The van der Waals surface area contributed by atoms with Gasteiger partial charge in [0, 0.05) is 25.0 Å². The molecule has 0 aliphatic carbocycles. The van der Waals surface area contributed by atoms with E-state index in [0.29, 0.717) is 11.4 Å². The van der Waals surface area contributed by atoms with Crippen LogP contribution in [-0.2, 0) is 10.0 Å². The van der Waals surface area contributed by atoms with Crippen molar-refractivity contribution in [2.24, 2.45) is 0 Å². The van der Waals surface area contributed by atoms with Crippen molar-refractivity contribution in [1.82, 2.24) is 4.90 Å². The Labute approximate surface area is 178 Å². The molecule has 0 unspecified atom stereocenters. The molecule has 4 nitrogen and oxygen atoms in total. The predicted octanol–water partition coefficient (Wildman–Crippen LogP) is 4.92. The van der Waals surface area contributed by atoms with Crippen molar-refractivity contribution >= 4 is 32.1 Å². The molecule has 2 heterocycles. The predicted molar refractivity (Wildman–Crippen MR) is 123 cm³/mol. The van der Waals surface area contributed by atoms with Crippen LogP contribution in [0.4, 0.5) is 5.69 Å². The van der Waals surface area contributed by atoms with Crippen LogP contribution in [0.2, 0.25) is 0 Å². The molecule has 30 heavy (non-hydrogen) atoms. The molecule has 0 saturated heterocycles. The van der Waals surface area contributed by atoms with Gasteiger partial charge in [0.2, 0.25) is 0 Å². The maximum atomic E-state index is 13.0. The van der Waals surface area contributed by atoms with Gasteiger partial charge in [-0.25, -0.2) is 8.42 Å². The van der Waals surface area contributed by atoms with Crippen LogP contribution in [0.1, 0.15) is 24.8 Å². The van der Waals surface area contributed by atoms with Crippen LogP contribution in [0, 0.1) is 0 Å². The third-order valence-electron chi connectivity index (χ3n) is 6.20. The number of anilines is 1. The summed E-state index contributed by atoms with van der Waals surface area (Å²) in [4.78, 5) is 2.91. The SMILES string of the molecule is O=S1(=O)c2cccc3cccc(c23)N1CCCCN1CC=C(c2ccccc2)CC1.